The number of nitrogens with zero attached hydrogens (tertiary/aromatic N) is 1. The van der Waals surface area contributed by atoms with Gasteiger partial charge in [-0.15, -0.1) is 0 Å². The molecule has 3 heteroatoms. The lowest BCUT2D eigenvalue weighted by molar-refractivity contribution is 0.206. The zero-order chi connectivity index (χ0) is 10.7. The first kappa shape index (κ1) is 10.3. The van der Waals surface area contributed by atoms with Gasteiger partial charge in [0.1, 0.15) is 6.67 Å². The number of ether oxygens (including phenoxy) is 1. The van der Waals surface area contributed by atoms with Crippen LogP contribution in [0.2, 0.25) is 0 Å². The van der Waals surface area contributed by atoms with Crippen molar-refractivity contribution in [3.8, 4) is 0 Å². The molecule has 15 heavy (non-hydrogen) atoms. The Bertz CT molecular complexity index is 338. The van der Waals surface area contributed by atoms with Crippen molar-refractivity contribution in [3.63, 3.8) is 0 Å². The summed E-state index contributed by atoms with van der Waals surface area (Å²) in [5.41, 5.74) is 3.88. The van der Waals surface area contributed by atoms with Crippen molar-refractivity contribution in [2.24, 2.45) is 0 Å². The van der Waals surface area contributed by atoms with Crippen molar-refractivity contribution < 1.29 is 4.74 Å². The fraction of sp³-hybridized carbons (Fsp3) is 0.417. The molecule has 1 aliphatic heterocycles. The summed E-state index contributed by atoms with van der Waals surface area (Å²) in [5, 5.41) is 3.28. The summed E-state index contributed by atoms with van der Waals surface area (Å²) < 4.78 is 5.10. The van der Waals surface area contributed by atoms with Crippen LogP contribution < -0.4 is 10.2 Å². The molecule has 1 N–H and O–H groups in total. The Labute approximate surface area is 91.0 Å². The Hall–Kier alpha value is -1.22. The van der Waals surface area contributed by atoms with Crippen LogP contribution in [0.1, 0.15) is 12.5 Å². The van der Waals surface area contributed by atoms with Gasteiger partial charge in [-0.05, 0) is 18.1 Å². The molecule has 0 spiro atoms. The molecule has 0 unspecified atom stereocenters. The first-order valence-electron chi connectivity index (χ1n) is 5.34. The van der Waals surface area contributed by atoms with Gasteiger partial charge in [0.05, 0.1) is 18.0 Å². The number of methoxy groups -OCH3 is 1. The summed E-state index contributed by atoms with van der Waals surface area (Å²) in [7, 11) is 1.73. The minimum absolute atomic E-state index is 0.746. The molecule has 0 aliphatic carbocycles. The lowest BCUT2D eigenvalue weighted by atomic mass is 10.1. The van der Waals surface area contributed by atoms with Gasteiger partial charge in [0.25, 0.3) is 0 Å². The third-order valence-corrected chi connectivity index (χ3v) is 2.70. The molecule has 1 aromatic carbocycles. The van der Waals surface area contributed by atoms with Crippen LogP contribution in [0.3, 0.4) is 0 Å². The van der Waals surface area contributed by atoms with Crippen molar-refractivity contribution in [3.05, 3.63) is 30.4 Å². The minimum atomic E-state index is 0.746. The monoisotopic (exact) mass is 205 g/mol. The van der Waals surface area contributed by atoms with E-state index in [1.165, 1.54) is 16.9 Å². The van der Waals surface area contributed by atoms with Gasteiger partial charge in [-0.3, -0.25) is 0 Å². The molecule has 0 bridgehead atoms. The van der Waals surface area contributed by atoms with E-state index < -0.39 is 0 Å². The van der Waals surface area contributed by atoms with Gasteiger partial charge in [0.2, 0.25) is 0 Å². The van der Waals surface area contributed by atoms with Crippen molar-refractivity contribution in [2.45, 2.75) is 13.3 Å². The molecule has 1 heterocycles. The Morgan fingerprint density at radius 3 is 3.00 bits per heavy atom. The fourth-order valence-electron chi connectivity index (χ4n) is 1.91. The predicted octanol–water partition coefficient (Wildman–Crippen LogP) is 2.25. The van der Waals surface area contributed by atoms with Crippen LogP contribution in [0.5, 0.6) is 0 Å². The molecule has 3 nitrogen and oxygen atoms in total. The second-order valence-corrected chi connectivity index (χ2v) is 3.63. The fourth-order valence-corrected chi connectivity index (χ4v) is 1.91. The molecular weight excluding hydrogens is 188 g/mol. The van der Waals surface area contributed by atoms with E-state index in [4.69, 9.17) is 4.74 Å². The Balaban J connectivity index is 2.23. The highest BCUT2D eigenvalue weighted by Crippen LogP contribution is 2.36. The molecule has 1 aliphatic rings. The van der Waals surface area contributed by atoms with Gasteiger partial charge >= 0.3 is 0 Å². The van der Waals surface area contributed by atoms with Gasteiger partial charge in [-0.1, -0.05) is 19.1 Å². The van der Waals surface area contributed by atoms with E-state index in [0.717, 1.165) is 19.6 Å². The number of benzene rings is 1. The minimum Gasteiger partial charge on any atom is -0.383 e. The predicted molar refractivity (Wildman–Crippen MR) is 63.0 cm³/mol. The Kier molecular flexibility index (Phi) is 3.11. The van der Waals surface area contributed by atoms with Crippen LogP contribution in [0.15, 0.2) is 18.2 Å². The zero-order valence-corrected chi connectivity index (χ0v) is 9.29. The normalized spacial score (nSPS) is 13.9. The summed E-state index contributed by atoms with van der Waals surface area (Å²) in [6.07, 6.45) is 1.06. The zero-order valence-electron chi connectivity index (χ0n) is 9.29. The Morgan fingerprint density at radius 2 is 2.27 bits per heavy atom. The van der Waals surface area contributed by atoms with E-state index in [1.807, 2.05) is 6.67 Å². The van der Waals surface area contributed by atoms with E-state index in [2.05, 4.69) is 35.3 Å². The van der Waals surface area contributed by atoms with E-state index in [-0.39, 0.29) is 0 Å². The van der Waals surface area contributed by atoms with Crippen LogP contribution in [0, 0.1) is 6.67 Å². The second kappa shape index (κ2) is 4.53. The number of nitrogens with one attached hydrogen (secondary N) is 1. The second-order valence-electron chi connectivity index (χ2n) is 3.63. The highest BCUT2D eigenvalue weighted by molar-refractivity contribution is 5.80. The topological polar surface area (TPSA) is 24.5 Å². The molecule has 81 valence electrons. The quantitative estimate of drug-likeness (QED) is 0.816. The van der Waals surface area contributed by atoms with Gasteiger partial charge in [-0.25, -0.2) is 0 Å². The maximum Gasteiger partial charge on any atom is 0.139 e. The van der Waals surface area contributed by atoms with Gasteiger partial charge in [0.15, 0.2) is 0 Å². The first-order valence-corrected chi connectivity index (χ1v) is 5.34. The third-order valence-electron chi connectivity index (χ3n) is 2.70. The maximum absolute atomic E-state index is 5.10. The lowest BCUT2D eigenvalue weighted by Gasteiger charge is -2.19. The van der Waals surface area contributed by atoms with Crippen LogP contribution in [-0.2, 0) is 11.2 Å². The van der Waals surface area contributed by atoms with Crippen LogP contribution in [-0.4, -0.2) is 20.3 Å². The molecule has 1 aromatic rings. The molecule has 0 saturated carbocycles. The average Bonchev–Trinajstić information content (AvgIpc) is 2.69. The van der Waals surface area contributed by atoms with E-state index in [1.54, 1.807) is 7.11 Å². The van der Waals surface area contributed by atoms with Gasteiger partial charge in [-0.2, -0.15) is 0 Å². The number of para-hydroxylation sites is 1. The highest BCUT2D eigenvalue weighted by Gasteiger charge is 2.20. The van der Waals surface area contributed by atoms with Gasteiger partial charge < -0.3 is 15.0 Å². The molecule has 0 amide bonds. The van der Waals surface area contributed by atoms with E-state index in [9.17, 15) is 0 Å². The smallest absolute Gasteiger partial charge is 0.139 e. The lowest BCUT2D eigenvalue weighted by Crippen LogP contribution is -2.23. The maximum atomic E-state index is 5.10. The highest BCUT2D eigenvalue weighted by atomic mass is 16.5. The molecular formula is C12H17N2O. The van der Waals surface area contributed by atoms with Crippen LogP contribution in [0.4, 0.5) is 11.4 Å². The van der Waals surface area contributed by atoms with E-state index in [0.29, 0.717) is 0 Å². The molecule has 2 rings (SSSR count). The van der Waals surface area contributed by atoms with Crippen LogP contribution >= 0.6 is 0 Å². The number of hydrogen-bond acceptors (Lipinski definition) is 3. The SMILES string of the molecule is CCc1cccc2c1N(CCOC)[CH]N2. The standard InChI is InChI=1S/C12H17N2O/c1-3-10-5-4-6-11-12(10)14(9-13-11)7-8-15-2/h4-6,9,13H,3,7-8H2,1-2H3. The van der Waals surface area contributed by atoms with Crippen LogP contribution in [0.25, 0.3) is 0 Å². The molecule has 1 radical (unpaired) electrons. The number of anilines is 2. The van der Waals surface area contributed by atoms with Gasteiger partial charge in [0, 0.05) is 13.7 Å². The molecule has 0 atom stereocenters. The largest absolute Gasteiger partial charge is 0.383 e. The number of fused-ring (bicyclic) bond motifs is 1. The molecule has 0 fully saturated rings. The molecule has 0 saturated heterocycles. The summed E-state index contributed by atoms with van der Waals surface area (Å²) in [6, 6.07) is 6.38. The van der Waals surface area contributed by atoms with Crippen molar-refractivity contribution >= 4 is 11.4 Å². The summed E-state index contributed by atoms with van der Waals surface area (Å²) >= 11 is 0. The Morgan fingerprint density at radius 1 is 1.40 bits per heavy atom. The number of rotatable bonds is 4. The average molecular weight is 205 g/mol. The third kappa shape index (κ3) is 1.92. The summed E-state index contributed by atoms with van der Waals surface area (Å²) in [5.74, 6) is 0. The number of aryl methyl sites for hydroxylation is 1. The van der Waals surface area contributed by atoms with Crippen molar-refractivity contribution in [2.75, 3.05) is 30.5 Å². The van der Waals surface area contributed by atoms with Crippen molar-refractivity contribution in [1.82, 2.24) is 0 Å². The summed E-state index contributed by atoms with van der Waals surface area (Å²) in [6.45, 7) is 5.84. The first-order chi connectivity index (χ1) is 7.36. The number of hydrogen-bond donors (Lipinski definition) is 1. The van der Waals surface area contributed by atoms with E-state index >= 15 is 0 Å². The molecule has 0 aromatic heterocycles. The summed E-state index contributed by atoms with van der Waals surface area (Å²) in [4.78, 5) is 2.22. The van der Waals surface area contributed by atoms with Crippen molar-refractivity contribution in [1.29, 1.82) is 0 Å².